The van der Waals surface area contributed by atoms with Gasteiger partial charge in [-0.2, -0.15) is 0 Å². The first-order valence-electron chi connectivity index (χ1n) is 9.60. The highest BCUT2D eigenvalue weighted by Crippen LogP contribution is 2.31. The van der Waals surface area contributed by atoms with E-state index < -0.39 is 5.91 Å². The molecule has 3 aromatic rings. The van der Waals surface area contributed by atoms with Gasteiger partial charge in [0.2, 0.25) is 0 Å². The molecule has 1 aliphatic heterocycles. The number of hydrogen-bond acceptors (Lipinski definition) is 5. The summed E-state index contributed by atoms with van der Waals surface area (Å²) in [6.45, 7) is 2.93. The van der Waals surface area contributed by atoms with Crippen LogP contribution in [0.4, 0.5) is 11.4 Å². The Labute approximate surface area is 195 Å². The zero-order chi connectivity index (χ0) is 21.8. The van der Waals surface area contributed by atoms with Gasteiger partial charge in [0.1, 0.15) is 5.76 Å². The van der Waals surface area contributed by atoms with Crippen molar-refractivity contribution >= 4 is 57.8 Å². The van der Waals surface area contributed by atoms with Crippen molar-refractivity contribution in [3.05, 3.63) is 70.4 Å². The van der Waals surface area contributed by atoms with E-state index in [-0.39, 0.29) is 10.9 Å². The predicted octanol–water partition coefficient (Wildman–Crippen LogP) is 5.22. The number of nitrogens with one attached hydrogen (secondary N) is 2. The minimum Gasteiger partial charge on any atom is -0.451 e. The largest absolute Gasteiger partial charge is 0.451 e. The molecule has 1 aliphatic rings. The fourth-order valence-corrected chi connectivity index (χ4v) is 3.98. The molecule has 4 rings (SSSR count). The molecule has 0 saturated carbocycles. The lowest BCUT2D eigenvalue weighted by atomic mass is 10.2. The van der Waals surface area contributed by atoms with Gasteiger partial charge in [-0.25, -0.2) is 0 Å². The molecular formula is C22H19Cl2N3O3S. The van der Waals surface area contributed by atoms with Crippen LogP contribution in [-0.4, -0.2) is 37.3 Å². The van der Waals surface area contributed by atoms with Crippen LogP contribution in [0.2, 0.25) is 10.0 Å². The smallest absolute Gasteiger partial charge is 0.293 e. The molecule has 1 saturated heterocycles. The lowest BCUT2D eigenvalue weighted by Gasteiger charge is -2.30. The summed E-state index contributed by atoms with van der Waals surface area (Å²) < 4.78 is 11.1. The molecule has 6 nitrogen and oxygen atoms in total. The summed E-state index contributed by atoms with van der Waals surface area (Å²) in [5.74, 6) is 0.118. The maximum atomic E-state index is 12.6. The summed E-state index contributed by atoms with van der Waals surface area (Å²) in [7, 11) is 0. The monoisotopic (exact) mass is 475 g/mol. The summed E-state index contributed by atoms with van der Waals surface area (Å²) in [5, 5.41) is 6.89. The van der Waals surface area contributed by atoms with Crippen LogP contribution in [-0.2, 0) is 4.74 Å². The third-order valence-corrected chi connectivity index (χ3v) is 5.51. The normalized spacial score (nSPS) is 13.7. The number of nitrogens with zero attached hydrogens (tertiary/aromatic N) is 1. The Bertz CT molecular complexity index is 1110. The number of para-hydroxylation sites is 2. The van der Waals surface area contributed by atoms with Crippen molar-refractivity contribution in [3.8, 4) is 11.3 Å². The van der Waals surface area contributed by atoms with Gasteiger partial charge in [-0.3, -0.25) is 10.1 Å². The number of anilines is 2. The molecular weight excluding hydrogens is 457 g/mol. The third-order valence-electron chi connectivity index (χ3n) is 4.76. The number of halogens is 2. The fourth-order valence-electron chi connectivity index (χ4n) is 3.27. The lowest BCUT2D eigenvalue weighted by Crippen LogP contribution is -2.38. The standard InChI is InChI=1S/C22H19Cl2N3O3S/c23-14-5-6-15(16(24)13-14)19-7-8-20(30-19)21(28)26-22(31)25-17-3-1-2-4-18(17)27-9-11-29-12-10-27/h1-8,13H,9-12H2,(H2,25,26,28,31). The number of thiocarbonyl (C=S) groups is 1. The number of hydrogen-bond donors (Lipinski definition) is 2. The molecule has 9 heteroatoms. The SMILES string of the molecule is O=C(NC(=S)Nc1ccccc1N1CCOCC1)c1ccc(-c2ccc(Cl)cc2Cl)o1. The van der Waals surface area contributed by atoms with Crippen molar-refractivity contribution in [1.82, 2.24) is 5.32 Å². The van der Waals surface area contributed by atoms with Crippen molar-refractivity contribution in [2.75, 3.05) is 36.5 Å². The Kier molecular flexibility index (Phi) is 6.77. The van der Waals surface area contributed by atoms with Gasteiger partial charge >= 0.3 is 0 Å². The molecule has 0 radical (unpaired) electrons. The average Bonchev–Trinajstić information content (AvgIpc) is 3.25. The van der Waals surface area contributed by atoms with E-state index in [9.17, 15) is 4.79 Å². The van der Waals surface area contributed by atoms with E-state index in [0.29, 0.717) is 34.6 Å². The zero-order valence-corrected chi connectivity index (χ0v) is 18.7. The van der Waals surface area contributed by atoms with E-state index in [1.54, 1.807) is 30.3 Å². The summed E-state index contributed by atoms with van der Waals surface area (Å²) in [6.07, 6.45) is 0. The number of amides is 1. The number of carbonyl (C=O) groups excluding carboxylic acids is 1. The molecule has 160 valence electrons. The van der Waals surface area contributed by atoms with Gasteiger partial charge in [0.25, 0.3) is 5.91 Å². The van der Waals surface area contributed by atoms with E-state index in [0.717, 1.165) is 24.5 Å². The topological polar surface area (TPSA) is 66.7 Å². The predicted molar refractivity (Wildman–Crippen MR) is 127 cm³/mol. The Morgan fingerprint density at radius 2 is 1.81 bits per heavy atom. The highest BCUT2D eigenvalue weighted by Gasteiger charge is 2.18. The van der Waals surface area contributed by atoms with Crippen LogP contribution in [0.15, 0.2) is 59.0 Å². The molecule has 31 heavy (non-hydrogen) atoms. The molecule has 0 bridgehead atoms. The number of morpholine rings is 1. The second-order valence-corrected chi connectivity index (χ2v) is 8.06. The first kappa shape index (κ1) is 21.6. The van der Waals surface area contributed by atoms with Gasteiger partial charge in [0, 0.05) is 23.7 Å². The van der Waals surface area contributed by atoms with Gasteiger partial charge in [-0.15, -0.1) is 0 Å². The fraction of sp³-hybridized carbons (Fsp3) is 0.182. The van der Waals surface area contributed by atoms with Crippen molar-refractivity contribution in [2.45, 2.75) is 0 Å². The van der Waals surface area contributed by atoms with Crippen LogP contribution < -0.4 is 15.5 Å². The summed E-state index contributed by atoms with van der Waals surface area (Å²) in [5.41, 5.74) is 2.45. The Balaban J connectivity index is 1.43. The molecule has 2 N–H and O–H groups in total. The highest BCUT2D eigenvalue weighted by molar-refractivity contribution is 7.80. The second-order valence-electron chi connectivity index (χ2n) is 6.81. The molecule has 0 atom stereocenters. The van der Waals surface area contributed by atoms with Crippen molar-refractivity contribution in [1.29, 1.82) is 0 Å². The van der Waals surface area contributed by atoms with E-state index >= 15 is 0 Å². The number of carbonyl (C=O) groups is 1. The number of furan rings is 1. The minimum absolute atomic E-state index is 0.117. The number of ether oxygens (including phenoxy) is 1. The van der Waals surface area contributed by atoms with Crippen molar-refractivity contribution in [2.24, 2.45) is 0 Å². The van der Waals surface area contributed by atoms with Gasteiger partial charge in [-0.05, 0) is 54.7 Å². The van der Waals surface area contributed by atoms with Crippen LogP contribution in [0.1, 0.15) is 10.6 Å². The Morgan fingerprint density at radius 1 is 1.03 bits per heavy atom. The molecule has 0 unspecified atom stereocenters. The van der Waals surface area contributed by atoms with Gasteiger partial charge in [0.15, 0.2) is 10.9 Å². The average molecular weight is 476 g/mol. The first-order valence-corrected chi connectivity index (χ1v) is 10.8. The molecule has 0 spiro atoms. The van der Waals surface area contributed by atoms with Crippen LogP contribution in [0.5, 0.6) is 0 Å². The first-order chi connectivity index (χ1) is 15.0. The number of rotatable bonds is 4. The molecule has 2 aromatic carbocycles. The van der Waals surface area contributed by atoms with Crippen molar-refractivity contribution in [3.63, 3.8) is 0 Å². The molecule has 1 aromatic heterocycles. The van der Waals surface area contributed by atoms with Gasteiger partial charge in [0.05, 0.1) is 29.6 Å². The summed E-state index contributed by atoms with van der Waals surface area (Å²) >= 11 is 17.5. The summed E-state index contributed by atoms with van der Waals surface area (Å²) in [6, 6.07) is 16.1. The Morgan fingerprint density at radius 3 is 2.58 bits per heavy atom. The maximum absolute atomic E-state index is 12.6. The molecule has 1 amide bonds. The number of benzene rings is 2. The minimum atomic E-state index is -0.460. The van der Waals surface area contributed by atoms with Crippen LogP contribution in [0, 0.1) is 0 Å². The van der Waals surface area contributed by atoms with Crippen LogP contribution in [0.3, 0.4) is 0 Å². The zero-order valence-electron chi connectivity index (χ0n) is 16.4. The quantitative estimate of drug-likeness (QED) is 0.504. The Hall–Kier alpha value is -2.58. The molecule has 2 heterocycles. The van der Waals surface area contributed by atoms with Crippen LogP contribution >= 0.6 is 35.4 Å². The molecule has 0 aliphatic carbocycles. The molecule has 1 fully saturated rings. The van der Waals surface area contributed by atoms with Crippen LogP contribution in [0.25, 0.3) is 11.3 Å². The highest BCUT2D eigenvalue weighted by atomic mass is 35.5. The second kappa shape index (κ2) is 9.70. The van der Waals surface area contributed by atoms with Crippen molar-refractivity contribution < 1.29 is 13.9 Å². The van der Waals surface area contributed by atoms with E-state index in [4.69, 9.17) is 44.6 Å². The lowest BCUT2D eigenvalue weighted by molar-refractivity contribution is 0.0951. The summed E-state index contributed by atoms with van der Waals surface area (Å²) in [4.78, 5) is 14.8. The van der Waals surface area contributed by atoms with E-state index in [2.05, 4.69) is 15.5 Å². The van der Waals surface area contributed by atoms with E-state index in [1.807, 2.05) is 24.3 Å². The van der Waals surface area contributed by atoms with Gasteiger partial charge in [-0.1, -0.05) is 35.3 Å². The maximum Gasteiger partial charge on any atom is 0.293 e. The van der Waals surface area contributed by atoms with Gasteiger partial charge < -0.3 is 19.4 Å². The third kappa shape index (κ3) is 5.19. The van der Waals surface area contributed by atoms with E-state index in [1.165, 1.54) is 0 Å².